The fourth-order valence-electron chi connectivity index (χ4n) is 4.20. The lowest BCUT2D eigenvalue weighted by molar-refractivity contribution is -0.119. The molecule has 1 aliphatic carbocycles. The molecule has 1 aromatic carbocycles. The van der Waals surface area contributed by atoms with E-state index in [1.807, 2.05) is 0 Å². The van der Waals surface area contributed by atoms with Crippen molar-refractivity contribution in [2.24, 2.45) is 5.92 Å². The molecule has 1 fully saturated rings. The molecule has 2 amide bonds. The Bertz CT molecular complexity index is 1390. The second kappa shape index (κ2) is 7.87. The summed E-state index contributed by atoms with van der Waals surface area (Å²) >= 11 is 0. The minimum Gasteiger partial charge on any atom is -0.349 e. The molecule has 12 heteroatoms. The number of aromatic amines is 1. The summed E-state index contributed by atoms with van der Waals surface area (Å²) in [5, 5.41) is 12.1. The van der Waals surface area contributed by atoms with Gasteiger partial charge in [0.1, 0.15) is 5.82 Å². The normalized spacial score (nSPS) is 14.7. The van der Waals surface area contributed by atoms with Gasteiger partial charge in [-0.05, 0) is 18.8 Å². The van der Waals surface area contributed by atoms with Crippen LogP contribution >= 0.6 is 0 Å². The third kappa shape index (κ3) is 3.56. The van der Waals surface area contributed by atoms with Crippen LogP contribution in [0.5, 0.6) is 0 Å². The molecule has 3 N–H and O–H groups in total. The van der Waals surface area contributed by atoms with Gasteiger partial charge in [-0.15, -0.1) is 0 Å². The van der Waals surface area contributed by atoms with Gasteiger partial charge < -0.3 is 15.0 Å². The molecular formula is C21H18F3N7O2. The maximum atomic E-state index is 15.8. The summed E-state index contributed by atoms with van der Waals surface area (Å²) in [6.45, 7) is 1.30. The van der Waals surface area contributed by atoms with Crippen molar-refractivity contribution in [2.75, 3.05) is 5.32 Å². The fourth-order valence-corrected chi connectivity index (χ4v) is 4.20. The Morgan fingerprint density at radius 2 is 2.06 bits per heavy atom. The van der Waals surface area contributed by atoms with E-state index in [0.29, 0.717) is 12.1 Å². The summed E-state index contributed by atoms with van der Waals surface area (Å²) < 4.78 is 45.9. The zero-order valence-corrected chi connectivity index (χ0v) is 17.3. The van der Waals surface area contributed by atoms with E-state index in [-0.39, 0.29) is 45.4 Å². The van der Waals surface area contributed by atoms with Crippen molar-refractivity contribution >= 4 is 34.7 Å². The topological polar surface area (TPSA) is 117 Å². The van der Waals surface area contributed by atoms with Crippen LogP contribution in [-0.2, 0) is 9.59 Å². The van der Waals surface area contributed by atoms with E-state index < -0.39 is 23.8 Å². The lowest BCUT2D eigenvalue weighted by Gasteiger charge is -2.22. The van der Waals surface area contributed by atoms with Crippen molar-refractivity contribution in [1.82, 2.24) is 29.9 Å². The van der Waals surface area contributed by atoms with E-state index in [1.165, 1.54) is 36.1 Å². The van der Waals surface area contributed by atoms with Gasteiger partial charge in [-0.3, -0.25) is 19.7 Å². The lowest BCUT2D eigenvalue weighted by Crippen LogP contribution is -2.29. The van der Waals surface area contributed by atoms with Gasteiger partial charge in [0.15, 0.2) is 11.5 Å². The average Bonchev–Trinajstić information content (AvgIpc) is 3.35. The van der Waals surface area contributed by atoms with E-state index in [1.54, 1.807) is 0 Å². The number of benzene rings is 1. The SMILES string of the molecule is CC(=O)NC(c1c(F)c(C(F)F)c(-c2cn3cc(NC=O)nc3cn2)c2cn[nH]c12)C1CC1. The fraction of sp³-hybridized carbons (Fsp3) is 0.286. The minimum absolute atomic E-state index is 0.0274. The highest BCUT2D eigenvalue weighted by Crippen LogP contribution is 2.47. The van der Waals surface area contributed by atoms with E-state index in [4.69, 9.17) is 0 Å². The quantitative estimate of drug-likeness (QED) is 0.367. The molecule has 0 saturated heterocycles. The van der Waals surface area contributed by atoms with Crippen LogP contribution in [0.1, 0.15) is 43.4 Å². The molecule has 1 atom stereocenters. The molecule has 1 saturated carbocycles. The van der Waals surface area contributed by atoms with Gasteiger partial charge in [0, 0.05) is 29.6 Å². The number of alkyl halides is 2. The van der Waals surface area contributed by atoms with Crippen molar-refractivity contribution in [3.05, 3.63) is 41.7 Å². The molecule has 3 aromatic heterocycles. The number of carbonyl (C=O) groups is 2. The first-order chi connectivity index (χ1) is 15.9. The molecule has 4 aromatic rings. The number of aromatic nitrogens is 5. The Kier molecular flexibility index (Phi) is 4.99. The van der Waals surface area contributed by atoms with Crippen molar-refractivity contribution in [3.63, 3.8) is 0 Å². The summed E-state index contributed by atoms with van der Waals surface area (Å²) in [7, 11) is 0. The molecule has 0 aliphatic heterocycles. The molecule has 170 valence electrons. The first-order valence-electron chi connectivity index (χ1n) is 10.2. The highest BCUT2D eigenvalue weighted by atomic mass is 19.3. The number of hydrogen-bond acceptors (Lipinski definition) is 5. The van der Waals surface area contributed by atoms with E-state index >= 15 is 4.39 Å². The van der Waals surface area contributed by atoms with Crippen LogP contribution in [-0.4, -0.2) is 36.9 Å². The number of amides is 2. The summed E-state index contributed by atoms with van der Waals surface area (Å²) in [4.78, 5) is 30.8. The van der Waals surface area contributed by atoms with Crippen LogP contribution in [0.25, 0.3) is 27.8 Å². The van der Waals surface area contributed by atoms with Crippen LogP contribution in [0.3, 0.4) is 0 Å². The smallest absolute Gasteiger partial charge is 0.267 e. The van der Waals surface area contributed by atoms with Crippen molar-refractivity contribution < 1.29 is 22.8 Å². The second-order valence-electron chi connectivity index (χ2n) is 7.92. The highest BCUT2D eigenvalue weighted by Gasteiger charge is 2.39. The van der Waals surface area contributed by atoms with E-state index in [2.05, 4.69) is 30.8 Å². The zero-order chi connectivity index (χ0) is 23.3. The molecule has 9 nitrogen and oxygen atoms in total. The first kappa shape index (κ1) is 20.9. The largest absolute Gasteiger partial charge is 0.349 e. The standard InChI is InChI=1S/C21H18F3N7O2/c1-9(33)28-19(10-2-3-10)17-18(22)16(21(23)24)15(11-4-27-30-20(11)17)12-6-31-7-13(26-8-32)29-14(31)5-25-12/h4-8,10,19,21H,2-3H2,1H3,(H,26,32)(H,27,30)(H,28,33). The number of nitrogens with one attached hydrogen (secondary N) is 3. The molecule has 0 spiro atoms. The first-order valence-corrected chi connectivity index (χ1v) is 10.2. The second-order valence-corrected chi connectivity index (χ2v) is 7.92. The number of carbonyl (C=O) groups excluding carboxylic acids is 2. The Balaban J connectivity index is 1.76. The monoisotopic (exact) mass is 457 g/mol. The van der Waals surface area contributed by atoms with Crippen molar-refractivity contribution in [1.29, 1.82) is 0 Å². The van der Waals surface area contributed by atoms with Crippen LogP contribution in [0.2, 0.25) is 0 Å². The summed E-state index contributed by atoms with van der Waals surface area (Å²) in [5.74, 6) is -1.28. The molecule has 5 rings (SSSR count). The Morgan fingerprint density at radius 3 is 2.73 bits per heavy atom. The van der Waals surface area contributed by atoms with Crippen molar-refractivity contribution in [2.45, 2.75) is 32.2 Å². The predicted molar refractivity (Wildman–Crippen MR) is 112 cm³/mol. The molecule has 0 bridgehead atoms. The Labute approximate surface area is 184 Å². The molecule has 1 aliphatic rings. The minimum atomic E-state index is -3.15. The maximum absolute atomic E-state index is 15.8. The number of rotatable bonds is 7. The Hall–Kier alpha value is -3.96. The molecule has 0 radical (unpaired) electrons. The predicted octanol–water partition coefficient (Wildman–Crippen LogP) is 3.50. The van der Waals surface area contributed by atoms with Gasteiger partial charge >= 0.3 is 0 Å². The van der Waals surface area contributed by atoms with Gasteiger partial charge in [-0.1, -0.05) is 0 Å². The van der Waals surface area contributed by atoms with Crippen molar-refractivity contribution in [3.8, 4) is 11.3 Å². The summed E-state index contributed by atoms with van der Waals surface area (Å²) in [6.07, 6.45) is 4.40. The number of halogens is 3. The average molecular weight is 457 g/mol. The zero-order valence-electron chi connectivity index (χ0n) is 17.3. The van der Waals surface area contributed by atoms with Gasteiger partial charge in [0.05, 0.1) is 41.4 Å². The van der Waals surface area contributed by atoms with E-state index in [0.717, 1.165) is 12.8 Å². The number of imidazole rings is 1. The lowest BCUT2D eigenvalue weighted by atomic mass is 9.91. The van der Waals surface area contributed by atoms with Crippen LogP contribution < -0.4 is 10.6 Å². The number of anilines is 1. The third-order valence-corrected chi connectivity index (χ3v) is 5.71. The van der Waals surface area contributed by atoms with Gasteiger partial charge in [0.25, 0.3) is 6.43 Å². The molecule has 3 heterocycles. The van der Waals surface area contributed by atoms with Crippen LogP contribution in [0.15, 0.2) is 24.8 Å². The molecular weight excluding hydrogens is 439 g/mol. The molecule has 1 unspecified atom stereocenters. The number of fused-ring (bicyclic) bond motifs is 2. The highest BCUT2D eigenvalue weighted by molar-refractivity contribution is 5.98. The number of hydrogen-bond donors (Lipinski definition) is 3. The van der Waals surface area contributed by atoms with Crippen LogP contribution in [0, 0.1) is 11.7 Å². The van der Waals surface area contributed by atoms with Gasteiger partial charge in [-0.2, -0.15) is 5.10 Å². The summed E-state index contributed by atoms with van der Waals surface area (Å²) in [5.41, 5.74) is -0.274. The molecule has 33 heavy (non-hydrogen) atoms. The Morgan fingerprint density at radius 1 is 1.27 bits per heavy atom. The number of H-pyrrole nitrogens is 1. The van der Waals surface area contributed by atoms with E-state index in [9.17, 15) is 18.4 Å². The van der Waals surface area contributed by atoms with Gasteiger partial charge in [0.2, 0.25) is 12.3 Å². The van der Waals surface area contributed by atoms with Crippen LogP contribution in [0.4, 0.5) is 19.0 Å². The van der Waals surface area contributed by atoms with Gasteiger partial charge in [-0.25, -0.2) is 18.2 Å². The summed E-state index contributed by atoms with van der Waals surface area (Å²) in [6, 6.07) is -0.752. The third-order valence-electron chi connectivity index (χ3n) is 5.71. The maximum Gasteiger partial charge on any atom is 0.267 e. The number of nitrogens with zero attached hydrogens (tertiary/aromatic N) is 4.